The molecule has 0 spiro atoms. The highest BCUT2D eigenvalue weighted by Crippen LogP contribution is 2.38. The molecule has 0 atom stereocenters. The second kappa shape index (κ2) is 11.4. The number of alkyl halides is 3. The van der Waals surface area contributed by atoms with E-state index in [9.17, 15) is 35.9 Å². The molecule has 0 bridgehead atoms. The van der Waals surface area contributed by atoms with E-state index in [1.54, 1.807) is 0 Å². The Balaban J connectivity index is 2.34. The number of amides is 3. The second-order valence-corrected chi connectivity index (χ2v) is 7.50. The molecular formula is C20H18F6N2O4S. The standard InChI is InChI=1S/C20H18F6N2O4S/c1-27(16-7-6-12(10-15(16)23)33-20(24,25)26)19(30)28(11-32-9-8-31-2)18(29)17-13(21)4-3-5-14(17)22/h3-7,10H,8-9,11H2,1-2H3. The Morgan fingerprint density at radius 3 is 2.18 bits per heavy atom. The molecule has 2 aromatic carbocycles. The van der Waals surface area contributed by atoms with Gasteiger partial charge in [-0.3, -0.25) is 9.69 Å². The van der Waals surface area contributed by atoms with Gasteiger partial charge in [0.2, 0.25) is 0 Å². The van der Waals surface area contributed by atoms with Gasteiger partial charge in [0, 0.05) is 19.1 Å². The zero-order chi connectivity index (χ0) is 24.8. The van der Waals surface area contributed by atoms with Gasteiger partial charge in [-0.25, -0.2) is 22.9 Å². The fourth-order valence-electron chi connectivity index (χ4n) is 2.58. The van der Waals surface area contributed by atoms with E-state index in [2.05, 4.69) is 0 Å². The first-order chi connectivity index (χ1) is 15.5. The van der Waals surface area contributed by atoms with Crippen LogP contribution in [0.3, 0.4) is 0 Å². The van der Waals surface area contributed by atoms with Gasteiger partial charge in [0.15, 0.2) is 0 Å². The van der Waals surface area contributed by atoms with Crippen LogP contribution in [0, 0.1) is 17.5 Å². The summed E-state index contributed by atoms with van der Waals surface area (Å²) in [6.07, 6.45) is 0. The van der Waals surface area contributed by atoms with Crippen molar-refractivity contribution in [1.82, 2.24) is 4.90 Å². The van der Waals surface area contributed by atoms with E-state index < -0.39 is 69.5 Å². The summed E-state index contributed by atoms with van der Waals surface area (Å²) in [5.74, 6) is -5.07. The minimum atomic E-state index is -4.65. The fraction of sp³-hybridized carbons (Fsp3) is 0.300. The Hall–Kier alpha value is -2.77. The molecule has 180 valence electrons. The Bertz CT molecular complexity index is 985. The number of carbonyl (C=O) groups excluding carboxylic acids is 2. The molecule has 3 amide bonds. The van der Waals surface area contributed by atoms with Crippen LogP contribution in [-0.2, 0) is 9.47 Å². The van der Waals surface area contributed by atoms with E-state index in [1.807, 2.05) is 0 Å². The van der Waals surface area contributed by atoms with Crippen molar-refractivity contribution in [3.05, 3.63) is 59.4 Å². The van der Waals surface area contributed by atoms with Gasteiger partial charge in [0.05, 0.1) is 18.9 Å². The molecule has 0 heterocycles. The van der Waals surface area contributed by atoms with Crippen LogP contribution in [0.1, 0.15) is 10.4 Å². The predicted octanol–water partition coefficient (Wildman–Crippen LogP) is 5.03. The van der Waals surface area contributed by atoms with Crippen molar-refractivity contribution in [2.24, 2.45) is 0 Å². The molecule has 0 radical (unpaired) electrons. The lowest BCUT2D eigenvalue weighted by Gasteiger charge is -2.27. The number of ether oxygens (including phenoxy) is 2. The SMILES string of the molecule is COCCOCN(C(=O)c1c(F)cccc1F)C(=O)N(C)c1ccc(SC(F)(F)F)cc1F. The average molecular weight is 496 g/mol. The van der Waals surface area contributed by atoms with E-state index in [0.29, 0.717) is 15.9 Å². The summed E-state index contributed by atoms with van der Waals surface area (Å²) in [6.45, 7) is -0.773. The topological polar surface area (TPSA) is 59.1 Å². The Morgan fingerprint density at radius 2 is 1.64 bits per heavy atom. The van der Waals surface area contributed by atoms with Gasteiger partial charge in [0.25, 0.3) is 5.91 Å². The lowest BCUT2D eigenvalue weighted by atomic mass is 10.1. The average Bonchev–Trinajstić information content (AvgIpc) is 2.71. The molecule has 0 N–H and O–H groups in total. The normalized spacial score (nSPS) is 11.4. The molecule has 2 aromatic rings. The highest BCUT2D eigenvalue weighted by molar-refractivity contribution is 8.00. The zero-order valence-corrected chi connectivity index (χ0v) is 18.1. The molecule has 33 heavy (non-hydrogen) atoms. The first-order valence-electron chi connectivity index (χ1n) is 9.11. The summed E-state index contributed by atoms with van der Waals surface area (Å²) < 4.78 is 90.1. The van der Waals surface area contributed by atoms with Crippen LogP contribution in [0.4, 0.5) is 36.8 Å². The van der Waals surface area contributed by atoms with Gasteiger partial charge in [-0.2, -0.15) is 13.2 Å². The van der Waals surface area contributed by atoms with Crippen LogP contribution in [0.5, 0.6) is 0 Å². The smallest absolute Gasteiger partial charge is 0.382 e. The van der Waals surface area contributed by atoms with Crippen LogP contribution >= 0.6 is 11.8 Å². The number of rotatable bonds is 8. The minimum absolute atomic E-state index is 0.0765. The molecule has 2 rings (SSSR count). The summed E-state index contributed by atoms with van der Waals surface area (Å²) in [5, 5.41) is 0. The monoisotopic (exact) mass is 496 g/mol. The van der Waals surface area contributed by atoms with Gasteiger partial charge in [-0.1, -0.05) is 6.07 Å². The molecule has 6 nitrogen and oxygen atoms in total. The van der Waals surface area contributed by atoms with Crippen molar-refractivity contribution in [2.45, 2.75) is 10.4 Å². The van der Waals surface area contributed by atoms with Crippen LogP contribution in [0.2, 0.25) is 0 Å². The van der Waals surface area contributed by atoms with E-state index in [4.69, 9.17) is 9.47 Å². The van der Waals surface area contributed by atoms with E-state index in [0.717, 1.165) is 37.4 Å². The molecule has 0 saturated carbocycles. The van der Waals surface area contributed by atoms with E-state index in [-0.39, 0.29) is 13.2 Å². The first kappa shape index (κ1) is 26.5. The third kappa shape index (κ3) is 7.11. The van der Waals surface area contributed by atoms with Crippen molar-refractivity contribution >= 4 is 29.4 Å². The number of methoxy groups -OCH3 is 1. The largest absolute Gasteiger partial charge is 0.446 e. The summed E-state index contributed by atoms with van der Waals surface area (Å²) >= 11 is -0.552. The summed E-state index contributed by atoms with van der Waals surface area (Å²) in [5.41, 5.74) is -6.16. The van der Waals surface area contributed by atoms with E-state index in [1.165, 1.54) is 7.11 Å². The number of halogens is 6. The minimum Gasteiger partial charge on any atom is -0.382 e. The quantitative estimate of drug-likeness (QED) is 0.222. The second-order valence-electron chi connectivity index (χ2n) is 6.36. The Kier molecular flexibility index (Phi) is 9.14. The lowest BCUT2D eigenvalue weighted by Crippen LogP contribution is -2.47. The predicted molar refractivity (Wildman–Crippen MR) is 107 cm³/mol. The molecule has 0 saturated heterocycles. The van der Waals surface area contributed by atoms with Crippen molar-refractivity contribution in [1.29, 1.82) is 0 Å². The Labute approximate surface area is 189 Å². The molecular weight excluding hydrogens is 478 g/mol. The van der Waals surface area contributed by atoms with Crippen molar-refractivity contribution in [3.63, 3.8) is 0 Å². The molecule has 0 unspecified atom stereocenters. The lowest BCUT2D eigenvalue weighted by molar-refractivity contribution is -0.0328. The number of hydrogen-bond acceptors (Lipinski definition) is 5. The van der Waals surface area contributed by atoms with Crippen LogP contribution in [-0.4, -0.2) is 56.4 Å². The maximum Gasteiger partial charge on any atom is 0.446 e. The fourth-order valence-corrected chi connectivity index (χ4v) is 3.14. The third-order valence-electron chi connectivity index (χ3n) is 4.11. The van der Waals surface area contributed by atoms with Crippen molar-refractivity contribution in [2.75, 3.05) is 39.0 Å². The van der Waals surface area contributed by atoms with Crippen molar-refractivity contribution in [3.8, 4) is 0 Å². The number of anilines is 1. The van der Waals surface area contributed by atoms with Gasteiger partial charge < -0.3 is 9.47 Å². The van der Waals surface area contributed by atoms with E-state index >= 15 is 0 Å². The maximum atomic E-state index is 14.5. The number of nitrogens with zero attached hydrogens (tertiary/aromatic N) is 2. The maximum absolute atomic E-state index is 14.5. The number of urea groups is 1. The van der Waals surface area contributed by atoms with Gasteiger partial charge in [-0.15, -0.1) is 0 Å². The summed E-state index contributed by atoms with van der Waals surface area (Å²) in [7, 11) is 2.40. The van der Waals surface area contributed by atoms with Crippen molar-refractivity contribution < 1.29 is 45.4 Å². The molecule has 0 aliphatic rings. The highest BCUT2D eigenvalue weighted by atomic mass is 32.2. The third-order valence-corrected chi connectivity index (χ3v) is 4.83. The number of carbonyl (C=O) groups is 2. The first-order valence-corrected chi connectivity index (χ1v) is 9.93. The molecule has 0 aromatic heterocycles. The molecule has 0 aliphatic carbocycles. The van der Waals surface area contributed by atoms with Gasteiger partial charge >= 0.3 is 11.5 Å². The number of hydrogen-bond donors (Lipinski definition) is 0. The molecule has 0 aliphatic heterocycles. The van der Waals surface area contributed by atoms with Gasteiger partial charge in [-0.05, 0) is 42.1 Å². The number of imide groups is 1. The highest BCUT2D eigenvalue weighted by Gasteiger charge is 2.32. The summed E-state index contributed by atoms with van der Waals surface area (Å²) in [4.78, 5) is 26.2. The van der Waals surface area contributed by atoms with Crippen LogP contribution < -0.4 is 4.90 Å². The van der Waals surface area contributed by atoms with Crippen LogP contribution in [0.25, 0.3) is 0 Å². The number of thioether (sulfide) groups is 1. The molecule has 0 fully saturated rings. The Morgan fingerprint density at radius 1 is 1.00 bits per heavy atom. The number of benzene rings is 2. The summed E-state index contributed by atoms with van der Waals surface area (Å²) in [6, 6.07) is 3.79. The van der Waals surface area contributed by atoms with Crippen LogP contribution in [0.15, 0.2) is 41.3 Å². The molecule has 13 heteroatoms. The zero-order valence-electron chi connectivity index (χ0n) is 17.3. The van der Waals surface area contributed by atoms with Gasteiger partial charge in [0.1, 0.15) is 29.7 Å².